The molecule has 11 heteroatoms. The summed E-state index contributed by atoms with van der Waals surface area (Å²) in [4.78, 5) is 18.5. The van der Waals surface area contributed by atoms with Gasteiger partial charge in [-0.2, -0.15) is 18.3 Å². The number of nitrogens with zero attached hydrogens (tertiary/aromatic N) is 4. The fourth-order valence-electron chi connectivity index (χ4n) is 5.03. The standard InChI is InChI=1S/C24H26ClF3N6O/c1-33-12-14-13-34(8-7-19(14)32-33)23(35)30-17-4-2-3-16(10-17)29-21-11-22(24(26,27)28)31-20-6-5-15(25)9-18(20)21/h5-6,9,11-12,16-17H,2-4,7-8,10,13H2,1H3,(H,29,31)(H,30,35)/t16-,17+/m0/s1. The van der Waals surface area contributed by atoms with Gasteiger partial charge in [0.25, 0.3) is 0 Å². The summed E-state index contributed by atoms with van der Waals surface area (Å²) < 4.78 is 42.1. The predicted molar refractivity (Wildman–Crippen MR) is 127 cm³/mol. The molecule has 1 aliphatic heterocycles. The highest BCUT2D eigenvalue weighted by Crippen LogP contribution is 2.35. The lowest BCUT2D eigenvalue weighted by Gasteiger charge is -2.34. The summed E-state index contributed by atoms with van der Waals surface area (Å²) in [6.07, 6.45) is 1.19. The molecule has 2 aliphatic rings. The second-order valence-corrected chi connectivity index (χ2v) is 9.75. The van der Waals surface area contributed by atoms with E-state index in [0.29, 0.717) is 35.6 Å². The molecule has 2 N–H and O–H groups in total. The topological polar surface area (TPSA) is 75.1 Å². The van der Waals surface area contributed by atoms with E-state index in [1.165, 1.54) is 12.1 Å². The maximum atomic E-state index is 13.5. The monoisotopic (exact) mass is 506 g/mol. The average Bonchev–Trinajstić information content (AvgIpc) is 3.18. The van der Waals surface area contributed by atoms with E-state index in [9.17, 15) is 18.0 Å². The highest BCUT2D eigenvalue weighted by atomic mass is 35.5. The predicted octanol–water partition coefficient (Wildman–Crippen LogP) is 5.13. The van der Waals surface area contributed by atoms with Crippen LogP contribution in [-0.4, -0.2) is 44.3 Å². The van der Waals surface area contributed by atoms with E-state index in [1.807, 2.05) is 13.2 Å². The number of carbonyl (C=O) groups excluding carboxylic acids is 1. The average molecular weight is 507 g/mol. The molecule has 0 bridgehead atoms. The molecule has 1 saturated carbocycles. The molecule has 0 radical (unpaired) electrons. The highest BCUT2D eigenvalue weighted by Gasteiger charge is 2.34. The molecule has 2 atom stereocenters. The van der Waals surface area contributed by atoms with Crippen LogP contribution in [0.3, 0.4) is 0 Å². The van der Waals surface area contributed by atoms with Crippen molar-refractivity contribution in [3.63, 3.8) is 0 Å². The number of urea groups is 1. The van der Waals surface area contributed by atoms with Crippen LogP contribution in [0.2, 0.25) is 5.02 Å². The van der Waals surface area contributed by atoms with Crippen LogP contribution in [0.1, 0.15) is 42.6 Å². The summed E-state index contributed by atoms with van der Waals surface area (Å²) in [6.45, 7) is 1.13. The van der Waals surface area contributed by atoms with Gasteiger partial charge in [0.1, 0.15) is 5.69 Å². The van der Waals surface area contributed by atoms with Gasteiger partial charge in [-0.15, -0.1) is 0 Å². The van der Waals surface area contributed by atoms with Crippen LogP contribution in [0.5, 0.6) is 0 Å². The molecule has 186 valence electrons. The molecule has 2 aromatic heterocycles. The number of hydrogen-bond acceptors (Lipinski definition) is 4. The van der Waals surface area contributed by atoms with Gasteiger partial charge in [-0.05, 0) is 49.9 Å². The van der Waals surface area contributed by atoms with Gasteiger partial charge >= 0.3 is 12.2 Å². The van der Waals surface area contributed by atoms with Crippen molar-refractivity contribution < 1.29 is 18.0 Å². The Balaban J connectivity index is 1.28. The molecule has 1 aromatic carbocycles. The maximum Gasteiger partial charge on any atom is 0.433 e. The van der Waals surface area contributed by atoms with Crippen molar-refractivity contribution in [3.8, 4) is 0 Å². The number of anilines is 1. The first-order valence-electron chi connectivity index (χ1n) is 11.7. The Labute approximate surface area is 205 Å². The van der Waals surface area contributed by atoms with E-state index < -0.39 is 11.9 Å². The van der Waals surface area contributed by atoms with E-state index in [2.05, 4.69) is 20.7 Å². The van der Waals surface area contributed by atoms with Crippen LogP contribution in [0.25, 0.3) is 10.9 Å². The second-order valence-electron chi connectivity index (χ2n) is 9.31. The lowest BCUT2D eigenvalue weighted by molar-refractivity contribution is -0.140. The molecular weight excluding hydrogens is 481 g/mol. The molecule has 1 fully saturated rings. The summed E-state index contributed by atoms with van der Waals surface area (Å²) in [5.74, 6) is 0. The number of rotatable bonds is 3. The summed E-state index contributed by atoms with van der Waals surface area (Å²) in [5.41, 5.74) is 1.71. The van der Waals surface area contributed by atoms with Gasteiger partial charge < -0.3 is 15.5 Å². The molecule has 35 heavy (non-hydrogen) atoms. The Hall–Kier alpha value is -3.01. The van der Waals surface area contributed by atoms with E-state index >= 15 is 0 Å². The molecule has 7 nitrogen and oxygen atoms in total. The number of benzene rings is 1. The summed E-state index contributed by atoms with van der Waals surface area (Å²) >= 11 is 6.12. The summed E-state index contributed by atoms with van der Waals surface area (Å²) in [6, 6.07) is 5.41. The van der Waals surface area contributed by atoms with Crippen LogP contribution in [0.15, 0.2) is 30.5 Å². The molecule has 5 rings (SSSR count). The lowest BCUT2D eigenvalue weighted by Crippen LogP contribution is -2.49. The van der Waals surface area contributed by atoms with Crippen molar-refractivity contribution in [2.45, 2.75) is 56.9 Å². The van der Waals surface area contributed by atoms with Crippen molar-refractivity contribution in [2.24, 2.45) is 7.05 Å². The lowest BCUT2D eigenvalue weighted by atomic mass is 9.90. The zero-order valence-corrected chi connectivity index (χ0v) is 20.0. The molecule has 0 unspecified atom stereocenters. The van der Waals surface area contributed by atoms with Crippen molar-refractivity contribution in [1.29, 1.82) is 0 Å². The third-order valence-electron chi connectivity index (χ3n) is 6.68. The number of pyridine rings is 1. The molecular formula is C24H26ClF3N6O. The number of aromatic nitrogens is 3. The number of halogens is 4. The highest BCUT2D eigenvalue weighted by molar-refractivity contribution is 6.31. The largest absolute Gasteiger partial charge is 0.433 e. The molecule has 0 spiro atoms. The summed E-state index contributed by atoms with van der Waals surface area (Å²) in [7, 11) is 1.87. The van der Waals surface area contributed by atoms with Gasteiger partial charge in [0, 0.05) is 60.0 Å². The minimum atomic E-state index is -4.56. The van der Waals surface area contributed by atoms with Crippen molar-refractivity contribution in [3.05, 3.63) is 52.4 Å². The third-order valence-corrected chi connectivity index (χ3v) is 6.92. The zero-order chi connectivity index (χ0) is 24.7. The van der Waals surface area contributed by atoms with Crippen LogP contribution >= 0.6 is 11.6 Å². The Morgan fingerprint density at radius 3 is 2.80 bits per heavy atom. The maximum absolute atomic E-state index is 13.5. The number of nitrogens with one attached hydrogen (secondary N) is 2. The second kappa shape index (κ2) is 9.22. The van der Waals surface area contributed by atoms with E-state index in [4.69, 9.17) is 11.6 Å². The number of alkyl halides is 3. The zero-order valence-electron chi connectivity index (χ0n) is 19.2. The van der Waals surface area contributed by atoms with Crippen LogP contribution in [-0.2, 0) is 26.2 Å². The van der Waals surface area contributed by atoms with E-state index in [-0.39, 0.29) is 23.6 Å². The van der Waals surface area contributed by atoms with E-state index in [1.54, 1.807) is 15.6 Å². The van der Waals surface area contributed by atoms with Crippen molar-refractivity contribution in [1.82, 2.24) is 25.0 Å². The number of hydrogen-bond donors (Lipinski definition) is 2. The fourth-order valence-corrected chi connectivity index (χ4v) is 5.20. The van der Waals surface area contributed by atoms with E-state index in [0.717, 1.165) is 43.0 Å². The number of fused-ring (bicyclic) bond motifs is 2. The minimum Gasteiger partial charge on any atom is -0.382 e. The first-order valence-corrected chi connectivity index (χ1v) is 12.0. The minimum absolute atomic E-state index is 0.0668. The van der Waals surface area contributed by atoms with Gasteiger partial charge in [-0.3, -0.25) is 4.68 Å². The first-order chi connectivity index (χ1) is 16.7. The molecule has 2 amide bonds. The quantitative estimate of drug-likeness (QED) is 0.516. The SMILES string of the molecule is Cn1cc2c(n1)CCN(C(=O)N[C@@H]1CCC[C@H](Nc3cc(C(F)(F)F)nc4ccc(Cl)cc34)C1)C2. The van der Waals surface area contributed by atoms with Crippen molar-refractivity contribution >= 4 is 34.2 Å². The molecule has 3 aromatic rings. The Morgan fingerprint density at radius 1 is 1.20 bits per heavy atom. The number of carbonyl (C=O) groups is 1. The van der Waals surface area contributed by atoms with Gasteiger partial charge in [0.15, 0.2) is 0 Å². The number of amides is 2. The number of aryl methyl sites for hydroxylation is 1. The first kappa shape index (κ1) is 23.7. The Bertz CT molecular complexity index is 1260. The Kier molecular flexibility index (Phi) is 6.25. The van der Waals surface area contributed by atoms with Gasteiger partial charge in [-0.25, -0.2) is 9.78 Å². The van der Waals surface area contributed by atoms with Gasteiger partial charge in [-0.1, -0.05) is 11.6 Å². The molecule has 3 heterocycles. The van der Waals surface area contributed by atoms with Gasteiger partial charge in [0.05, 0.1) is 17.8 Å². The van der Waals surface area contributed by atoms with Crippen LogP contribution < -0.4 is 10.6 Å². The summed E-state index contributed by atoms with van der Waals surface area (Å²) in [5, 5.41) is 11.8. The van der Waals surface area contributed by atoms with Gasteiger partial charge in [0.2, 0.25) is 0 Å². The van der Waals surface area contributed by atoms with Crippen molar-refractivity contribution in [2.75, 3.05) is 11.9 Å². The van der Waals surface area contributed by atoms with Crippen LogP contribution in [0.4, 0.5) is 23.7 Å². The Morgan fingerprint density at radius 2 is 2.00 bits per heavy atom. The molecule has 0 saturated heterocycles. The normalized spacial score (nSPS) is 20.5. The van der Waals surface area contributed by atoms with Crippen LogP contribution in [0, 0.1) is 0 Å². The smallest absolute Gasteiger partial charge is 0.382 e. The fraction of sp³-hybridized carbons (Fsp3) is 0.458. The third kappa shape index (κ3) is 5.17. The molecule has 1 aliphatic carbocycles.